The molecular formula is C28H30BrClN11O4+. The van der Waals surface area contributed by atoms with E-state index in [4.69, 9.17) is 11.6 Å². The molecule has 0 saturated heterocycles. The predicted octanol–water partition coefficient (Wildman–Crippen LogP) is 8.05. The minimum atomic E-state index is -0.758. The van der Waals surface area contributed by atoms with E-state index in [1.807, 2.05) is 50.2 Å². The Labute approximate surface area is 272 Å². The quantitative estimate of drug-likeness (QED) is 0.0636. The highest BCUT2D eigenvalue weighted by Gasteiger charge is 2.24. The van der Waals surface area contributed by atoms with Gasteiger partial charge >= 0.3 is 5.69 Å². The number of nitrogens with one attached hydrogen (secondary N) is 2. The van der Waals surface area contributed by atoms with E-state index in [1.54, 1.807) is 6.07 Å². The van der Waals surface area contributed by atoms with Crippen molar-refractivity contribution in [3.05, 3.63) is 84.6 Å². The molecule has 0 unspecified atom stereocenters. The Morgan fingerprint density at radius 1 is 0.911 bits per heavy atom. The first kappa shape index (κ1) is 33.1. The molecule has 15 nitrogen and oxygen atoms in total. The fourth-order valence-corrected chi connectivity index (χ4v) is 4.90. The number of anilines is 5. The van der Waals surface area contributed by atoms with Crippen LogP contribution in [-0.2, 0) is 0 Å². The Morgan fingerprint density at radius 2 is 1.60 bits per heavy atom. The number of rotatable bonds is 12. The number of halogens is 2. The molecule has 0 aliphatic heterocycles. The summed E-state index contributed by atoms with van der Waals surface area (Å²) in [5.74, 6) is 0.306. The van der Waals surface area contributed by atoms with Gasteiger partial charge in [0.25, 0.3) is 5.69 Å². The van der Waals surface area contributed by atoms with E-state index in [1.165, 1.54) is 0 Å². The van der Waals surface area contributed by atoms with E-state index < -0.39 is 21.2 Å². The van der Waals surface area contributed by atoms with E-state index in [9.17, 15) is 20.2 Å². The summed E-state index contributed by atoms with van der Waals surface area (Å²) in [6, 6.07) is 15.1. The number of quaternary nitrogens is 1. The Bertz CT molecular complexity index is 1780. The smallest absolute Gasteiger partial charge is 0.304 e. The zero-order valence-electron chi connectivity index (χ0n) is 25.0. The molecule has 234 valence electrons. The maximum absolute atomic E-state index is 11.7. The zero-order chi connectivity index (χ0) is 32.9. The molecule has 2 N–H and O–H groups in total. The van der Waals surface area contributed by atoms with E-state index in [0.717, 1.165) is 42.3 Å². The number of azo groups is 1. The summed E-state index contributed by atoms with van der Waals surface area (Å²) in [4.78, 5) is 36.5. The second-order valence-corrected chi connectivity index (χ2v) is 11.6. The Hall–Kier alpha value is -4.80. The van der Waals surface area contributed by atoms with Crippen LogP contribution in [0.3, 0.4) is 0 Å². The van der Waals surface area contributed by atoms with E-state index in [2.05, 4.69) is 77.8 Å². The molecule has 4 rings (SSSR count). The summed E-state index contributed by atoms with van der Waals surface area (Å²) in [6.45, 7) is 5.51. The highest BCUT2D eigenvalue weighted by molar-refractivity contribution is 9.10. The van der Waals surface area contributed by atoms with Crippen molar-refractivity contribution < 1.29 is 9.85 Å². The molecule has 0 bridgehead atoms. The molecule has 0 aliphatic carbocycles. The Morgan fingerprint density at radius 3 is 2.22 bits per heavy atom. The van der Waals surface area contributed by atoms with Crippen LogP contribution in [0, 0.1) is 20.2 Å². The van der Waals surface area contributed by atoms with Gasteiger partial charge in [0.2, 0.25) is 17.2 Å². The molecule has 0 fully saturated rings. The molecule has 1 aromatic heterocycles. The average Bonchev–Trinajstić information content (AvgIpc) is 2.97. The summed E-state index contributed by atoms with van der Waals surface area (Å²) >= 11 is 9.43. The van der Waals surface area contributed by atoms with Gasteiger partial charge in [0, 0.05) is 36.6 Å². The van der Waals surface area contributed by atoms with Crippen LogP contribution in [-0.4, -0.2) is 59.0 Å². The van der Waals surface area contributed by atoms with Crippen LogP contribution >= 0.6 is 27.5 Å². The van der Waals surface area contributed by atoms with Gasteiger partial charge in [-0.3, -0.25) is 24.7 Å². The molecule has 0 saturated carbocycles. The first-order chi connectivity index (χ1) is 21.3. The van der Waals surface area contributed by atoms with Crippen molar-refractivity contribution in [2.75, 3.05) is 49.8 Å². The van der Waals surface area contributed by atoms with Crippen molar-refractivity contribution in [1.29, 1.82) is 0 Å². The van der Waals surface area contributed by atoms with Crippen molar-refractivity contribution >= 4 is 84.9 Å². The summed E-state index contributed by atoms with van der Waals surface area (Å²) in [5, 5.41) is 37.6. The molecule has 0 amide bonds. The fraction of sp³-hybridized carbons (Fsp3) is 0.250. The van der Waals surface area contributed by atoms with Gasteiger partial charge in [-0.1, -0.05) is 6.07 Å². The van der Waals surface area contributed by atoms with Crippen molar-refractivity contribution in [2.45, 2.75) is 13.8 Å². The molecule has 3 aromatic carbocycles. The fourth-order valence-electron chi connectivity index (χ4n) is 4.23. The second-order valence-electron chi connectivity index (χ2n) is 10.4. The Kier molecular flexibility index (Phi) is 10.2. The molecule has 1 heterocycles. The van der Waals surface area contributed by atoms with Crippen LogP contribution in [0.2, 0.25) is 5.28 Å². The third kappa shape index (κ3) is 8.23. The second kappa shape index (κ2) is 13.9. The zero-order valence-corrected chi connectivity index (χ0v) is 27.4. The number of nitrogens with zero attached hydrogens (tertiary/aromatic N) is 9. The number of non-ortho nitro benzene ring substituents is 1. The predicted molar refractivity (Wildman–Crippen MR) is 179 cm³/mol. The van der Waals surface area contributed by atoms with Gasteiger partial charge in [-0.2, -0.15) is 15.0 Å². The van der Waals surface area contributed by atoms with Crippen LogP contribution < -0.4 is 20.0 Å². The molecule has 45 heavy (non-hydrogen) atoms. The number of nitro benzene ring substituents is 2. The first-order valence-corrected chi connectivity index (χ1v) is 14.8. The molecule has 17 heteroatoms. The maximum atomic E-state index is 11.7. The molecule has 0 spiro atoms. The van der Waals surface area contributed by atoms with Gasteiger partial charge in [-0.15, -0.1) is 10.2 Å². The lowest BCUT2D eigenvalue weighted by Gasteiger charge is -2.23. The van der Waals surface area contributed by atoms with E-state index in [0.29, 0.717) is 10.2 Å². The molecule has 0 aliphatic rings. The largest absolute Gasteiger partial charge is 0.372 e. The summed E-state index contributed by atoms with van der Waals surface area (Å²) < 4.78 is 0.649. The summed E-state index contributed by atoms with van der Waals surface area (Å²) in [6.07, 6.45) is 0. The van der Waals surface area contributed by atoms with Gasteiger partial charge in [0.15, 0.2) is 5.69 Å². The minimum absolute atomic E-state index is 0.0377. The molecule has 0 radical (unpaired) electrons. The molecule has 0 atom stereocenters. The lowest BCUT2D eigenvalue weighted by molar-refractivity contribution is -0.393. The molecular weight excluding hydrogens is 670 g/mol. The third-order valence-corrected chi connectivity index (χ3v) is 7.31. The van der Waals surface area contributed by atoms with Crippen LogP contribution in [0.25, 0.3) is 0 Å². The first-order valence-electron chi connectivity index (χ1n) is 13.6. The van der Waals surface area contributed by atoms with Gasteiger partial charge in [0.1, 0.15) is 11.4 Å². The highest BCUT2D eigenvalue weighted by atomic mass is 79.9. The van der Waals surface area contributed by atoms with Crippen LogP contribution in [0.4, 0.5) is 57.4 Å². The molecule has 4 aromatic rings. The topological polar surface area (TPSA) is 177 Å². The monoisotopic (exact) mass is 698 g/mol. The van der Waals surface area contributed by atoms with Crippen molar-refractivity contribution in [3.63, 3.8) is 0 Å². The number of nitro groups is 2. The van der Waals surface area contributed by atoms with Crippen molar-refractivity contribution in [3.8, 4) is 0 Å². The van der Waals surface area contributed by atoms with Crippen LogP contribution in [0.15, 0.2) is 69.3 Å². The number of hydrogen-bond acceptors (Lipinski definition) is 12. The average molecular weight is 700 g/mol. The van der Waals surface area contributed by atoms with Crippen LogP contribution in [0.5, 0.6) is 0 Å². The SMILES string of the molecule is CCN(CC)c1ccc(N=Nc2c(Br)cc([N+](=O)[O-])cc2[N+](=O)[O-])c(Nc2nc(Cl)nc(Nc3cccc([N+](C)(C)C)c3)n2)c1. The number of hydrogen-bond donors (Lipinski definition) is 2. The van der Waals surface area contributed by atoms with Gasteiger partial charge < -0.3 is 15.5 Å². The normalized spacial score (nSPS) is 11.4. The van der Waals surface area contributed by atoms with Crippen molar-refractivity contribution in [1.82, 2.24) is 19.4 Å². The van der Waals surface area contributed by atoms with E-state index >= 15 is 0 Å². The van der Waals surface area contributed by atoms with Gasteiger partial charge in [-0.25, -0.2) is 0 Å². The number of aromatic nitrogens is 3. The van der Waals surface area contributed by atoms with Gasteiger partial charge in [-0.05, 0) is 71.7 Å². The third-order valence-electron chi connectivity index (χ3n) is 6.53. The van der Waals surface area contributed by atoms with Crippen LogP contribution in [0.1, 0.15) is 13.8 Å². The Balaban J connectivity index is 1.74. The maximum Gasteiger partial charge on any atom is 0.304 e. The lowest BCUT2D eigenvalue weighted by atomic mass is 10.2. The summed E-state index contributed by atoms with van der Waals surface area (Å²) in [7, 11) is 6.17. The number of benzene rings is 3. The minimum Gasteiger partial charge on any atom is -0.372 e. The van der Waals surface area contributed by atoms with Gasteiger partial charge in [0.05, 0.1) is 47.2 Å². The van der Waals surface area contributed by atoms with E-state index in [-0.39, 0.29) is 33.0 Å². The summed E-state index contributed by atoms with van der Waals surface area (Å²) in [5.41, 5.74) is 2.15. The lowest BCUT2D eigenvalue weighted by Crippen LogP contribution is -2.34. The standard InChI is InChI=1S/C28H30BrClN11O4/c1-6-38(7-2)18-11-12-22(36-37-25-21(29)14-19(39(42)43)16-24(25)40(44)45)23(15-18)32-28-34-26(30)33-27(35-28)31-17-9-8-10-20(13-17)41(3,4)5/h8-16H,6-7H2,1-5H3,(H2,31,32,33,34,35)/q+1. The van der Waals surface area contributed by atoms with Crippen molar-refractivity contribution in [2.24, 2.45) is 10.2 Å². The highest BCUT2D eigenvalue weighted by Crippen LogP contribution is 2.41.